The second kappa shape index (κ2) is 9.59. The zero-order valence-corrected chi connectivity index (χ0v) is 20.1. The fourth-order valence-corrected chi connectivity index (χ4v) is 6.66. The van der Waals surface area contributed by atoms with Crippen LogP contribution in [0.3, 0.4) is 0 Å². The Morgan fingerprint density at radius 2 is 2.04 bits per heavy atom. The Hall–Kier alpha value is -0.430. The summed E-state index contributed by atoms with van der Waals surface area (Å²) in [5, 5.41) is 4.43. The van der Waals surface area contributed by atoms with Crippen LogP contribution >= 0.6 is 51.9 Å². The van der Waals surface area contributed by atoms with E-state index >= 15 is 0 Å². The molecule has 0 amide bonds. The molecular formula is C22H25BrClNOS2. The van der Waals surface area contributed by atoms with Gasteiger partial charge in [-0.05, 0) is 83.0 Å². The zero-order valence-electron chi connectivity index (χ0n) is 16.1. The molecule has 150 valence electrons. The van der Waals surface area contributed by atoms with Crippen LogP contribution in [0.1, 0.15) is 12.8 Å². The van der Waals surface area contributed by atoms with Crippen molar-refractivity contribution in [2.45, 2.75) is 17.6 Å². The average molecular weight is 499 g/mol. The number of thioether (sulfide) groups is 2. The molecule has 0 aromatic heterocycles. The monoisotopic (exact) mass is 497 g/mol. The van der Waals surface area contributed by atoms with E-state index in [9.17, 15) is 0 Å². The lowest BCUT2D eigenvalue weighted by atomic mass is 9.88. The highest BCUT2D eigenvalue weighted by molar-refractivity contribution is 9.12. The van der Waals surface area contributed by atoms with E-state index in [2.05, 4.69) is 82.2 Å². The predicted molar refractivity (Wildman–Crippen MR) is 130 cm³/mol. The van der Waals surface area contributed by atoms with E-state index in [0.29, 0.717) is 6.61 Å². The van der Waals surface area contributed by atoms with Crippen LogP contribution in [0.25, 0.3) is 0 Å². The standard InChI is InChI=1S/C22H24BrNOS2.ClH/c1-24(2)11-4-12-25-13-18-9-8-17-7-6-16-14-26-15-20(23)21(16)19-5-3-10-22(17,19)27-18;/h3,5-9,14-15H,4,10-13H2,1-2H3;1H. The maximum atomic E-state index is 5.97. The summed E-state index contributed by atoms with van der Waals surface area (Å²) in [5.41, 5.74) is 5.43. The second-order valence-electron chi connectivity index (χ2n) is 7.30. The van der Waals surface area contributed by atoms with Crippen molar-refractivity contribution in [3.05, 3.63) is 79.0 Å². The first-order chi connectivity index (χ1) is 13.1. The fraction of sp³-hybridized carbons (Fsp3) is 0.364. The molecule has 0 bridgehead atoms. The van der Waals surface area contributed by atoms with Gasteiger partial charge in [-0.3, -0.25) is 0 Å². The number of allylic oxidation sites excluding steroid dienone is 9. The van der Waals surface area contributed by atoms with Gasteiger partial charge in [0, 0.05) is 21.6 Å². The lowest BCUT2D eigenvalue weighted by Gasteiger charge is -2.36. The van der Waals surface area contributed by atoms with Gasteiger partial charge in [0.1, 0.15) is 0 Å². The van der Waals surface area contributed by atoms with Crippen molar-refractivity contribution in [3.8, 4) is 0 Å². The molecule has 2 nitrogen and oxygen atoms in total. The molecule has 2 heterocycles. The molecule has 1 atom stereocenters. The van der Waals surface area contributed by atoms with E-state index in [-0.39, 0.29) is 17.2 Å². The molecule has 0 N–H and O–H groups in total. The summed E-state index contributed by atoms with van der Waals surface area (Å²) in [6, 6.07) is 0. The molecule has 0 aromatic carbocycles. The lowest BCUT2D eigenvalue weighted by Crippen LogP contribution is -2.28. The van der Waals surface area contributed by atoms with Crippen molar-refractivity contribution < 1.29 is 4.74 Å². The topological polar surface area (TPSA) is 12.5 Å². The molecule has 0 radical (unpaired) electrons. The normalized spacial score (nSPS) is 25.1. The van der Waals surface area contributed by atoms with Crippen molar-refractivity contribution in [2.24, 2.45) is 0 Å². The van der Waals surface area contributed by atoms with Gasteiger partial charge in [-0.15, -0.1) is 35.9 Å². The van der Waals surface area contributed by atoms with E-state index in [0.717, 1.165) is 26.0 Å². The lowest BCUT2D eigenvalue weighted by molar-refractivity contribution is 0.150. The number of nitrogens with zero attached hydrogens (tertiary/aromatic N) is 1. The smallest absolute Gasteiger partial charge is 0.0775 e. The SMILES string of the molecule is CN(C)CCCOCC1=CC=C2C=CC3=CSC=C(Br)C3=C3C=CCC23S1.Cl. The maximum absolute atomic E-state index is 5.97. The van der Waals surface area contributed by atoms with Gasteiger partial charge < -0.3 is 9.64 Å². The summed E-state index contributed by atoms with van der Waals surface area (Å²) in [4.78, 5) is 3.52. The third kappa shape index (κ3) is 4.35. The molecular weight excluding hydrogens is 474 g/mol. The summed E-state index contributed by atoms with van der Waals surface area (Å²) in [6.45, 7) is 2.58. The van der Waals surface area contributed by atoms with Crippen LogP contribution < -0.4 is 0 Å². The van der Waals surface area contributed by atoms with Crippen LogP contribution in [-0.2, 0) is 4.74 Å². The zero-order chi connectivity index (χ0) is 18.9. The largest absolute Gasteiger partial charge is 0.376 e. The average Bonchev–Trinajstić information content (AvgIpc) is 2.98. The highest BCUT2D eigenvalue weighted by Gasteiger charge is 2.44. The third-order valence-electron chi connectivity index (χ3n) is 5.09. The number of rotatable bonds is 6. The van der Waals surface area contributed by atoms with E-state index < -0.39 is 0 Å². The van der Waals surface area contributed by atoms with Gasteiger partial charge in [0.25, 0.3) is 0 Å². The first-order valence-electron chi connectivity index (χ1n) is 9.24. The molecule has 1 unspecified atom stereocenters. The molecule has 4 aliphatic rings. The van der Waals surface area contributed by atoms with Gasteiger partial charge >= 0.3 is 0 Å². The van der Waals surface area contributed by atoms with Gasteiger partial charge in [-0.2, -0.15) is 0 Å². The van der Waals surface area contributed by atoms with Crippen LogP contribution in [0.4, 0.5) is 0 Å². The number of hydrogen-bond acceptors (Lipinski definition) is 4. The first kappa shape index (κ1) is 22.3. The molecule has 1 spiro atoms. The Kier molecular flexibility index (Phi) is 7.62. The van der Waals surface area contributed by atoms with Crippen molar-refractivity contribution in [1.82, 2.24) is 4.90 Å². The molecule has 28 heavy (non-hydrogen) atoms. The number of ether oxygens (including phenoxy) is 1. The number of fused-ring (bicyclic) bond motifs is 1. The molecule has 2 aliphatic heterocycles. The van der Waals surface area contributed by atoms with E-state index in [1.807, 2.05) is 11.8 Å². The molecule has 6 heteroatoms. The maximum Gasteiger partial charge on any atom is 0.0775 e. The predicted octanol–water partition coefficient (Wildman–Crippen LogP) is 6.37. The van der Waals surface area contributed by atoms with Crippen LogP contribution in [0.2, 0.25) is 0 Å². The first-order valence-corrected chi connectivity index (χ1v) is 11.8. The van der Waals surface area contributed by atoms with Crippen LogP contribution in [0, 0.1) is 0 Å². The Morgan fingerprint density at radius 3 is 2.86 bits per heavy atom. The van der Waals surface area contributed by atoms with Crippen LogP contribution in [-0.4, -0.2) is 43.5 Å². The Bertz CT molecular complexity index is 851. The number of hydrogen-bond donors (Lipinski definition) is 0. The van der Waals surface area contributed by atoms with Gasteiger partial charge in [0.05, 0.1) is 11.4 Å². The molecule has 0 saturated carbocycles. The fourth-order valence-electron chi connectivity index (χ4n) is 3.81. The van der Waals surface area contributed by atoms with E-state index in [1.54, 1.807) is 11.8 Å². The second-order valence-corrected chi connectivity index (χ2v) is 10.3. The van der Waals surface area contributed by atoms with Gasteiger partial charge in [0.15, 0.2) is 0 Å². The minimum atomic E-state index is -0.0205. The highest BCUT2D eigenvalue weighted by Crippen LogP contribution is 2.57. The van der Waals surface area contributed by atoms with Crippen molar-refractivity contribution >= 4 is 51.9 Å². The summed E-state index contributed by atoms with van der Waals surface area (Å²) in [7, 11) is 4.21. The summed E-state index contributed by atoms with van der Waals surface area (Å²) in [5.74, 6) is 0. The molecule has 0 aromatic rings. The van der Waals surface area contributed by atoms with Crippen molar-refractivity contribution in [1.29, 1.82) is 0 Å². The van der Waals surface area contributed by atoms with Gasteiger partial charge in [-0.1, -0.05) is 30.4 Å². The van der Waals surface area contributed by atoms with Crippen molar-refractivity contribution in [3.63, 3.8) is 0 Å². The summed E-state index contributed by atoms with van der Waals surface area (Å²) < 4.78 is 7.14. The van der Waals surface area contributed by atoms with E-state index in [1.165, 1.54) is 31.7 Å². The van der Waals surface area contributed by atoms with Gasteiger partial charge in [0.2, 0.25) is 0 Å². The molecule has 4 rings (SSSR count). The van der Waals surface area contributed by atoms with Crippen LogP contribution in [0.5, 0.6) is 0 Å². The Labute approximate surface area is 191 Å². The molecule has 2 aliphatic carbocycles. The minimum absolute atomic E-state index is 0. The quantitative estimate of drug-likeness (QED) is 0.395. The molecule has 0 saturated heterocycles. The number of halogens is 2. The molecule has 0 fully saturated rings. The van der Waals surface area contributed by atoms with E-state index in [4.69, 9.17) is 4.74 Å². The van der Waals surface area contributed by atoms with Crippen molar-refractivity contribution in [2.75, 3.05) is 33.9 Å². The Morgan fingerprint density at radius 1 is 1.18 bits per heavy atom. The Balaban J connectivity index is 0.00000225. The minimum Gasteiger partial charge on any atom is -0.376 e. The van der Waals surface area contributed by atoms with Crippen LogP contribution in [0.15, 0.2) is 79.0 Å². The third-order valence-corrected chi connectivity index (χ3v) is 8.27. The van der Waals surface area contributed by atoms with Gasteiger partial charge in [-0.25, -0.2) is 0 Å². The highest BCUT2D eigenvalue weighted by atomic mass is 79.9. The summed E-state index contributed by atoms with van der Waals surface area (Å²) in [6.07, 6.45) is 15.8. The summed E-state index contributed by atoms with van der Waals surface area (Å²) >= 11 is 7.51.